The number of carbonyl (C=O) groups is 1. The summed E-state index contributed by atoms with van der Waals surface area (Å²) < 4.78 is 4.68. The lowest BCUT2D eigenvalue weighted by Crippen LogP contribution is -2.04. The standard InChI is InChI=1S/C5H12O2Si/c1-3-7-5(6)4-8-2/h3-4,8H2,1-2H3. The van der Waals surface area contributed by atoms with Gasteiger partial charge in [0.05, 0.1) is 6.61 Å². The van der Waals surface area contributed by atoms with E-state index in [0.717, 1.165) is 0 Å². The number of esters is 1. The van der Waals surface area contributed by atoms with Crippen LogP contribution < -0.4 is 0 Å². The van der Waals surface area contributed by atoms with E-state index in [1.54, 1.807) is 0 Å². The van der Waals surface area contributed by atoms with Gasteiger partial charge in [-0.25, -0.2) is 0 Å². The molecule has 0 N–H and O–H groups in total. The Kier molecular flexibility index (Phi) is 4.65. The van der Waals surface area contributed by atoms with Crippen molar-refractivity contribution in [3.05, 3.63) is 0 Å². The van der Waals surface area contributed by atoms with Crippen LogP contribution in [0.15, 0.2) is 0 Å². The lowest BCUT2D eigenvalue weighted by atomic mass is 10.8. The topological polar surface area (TPSA) is 26.3 Å². The fraction of sp³-hybridized carbons (Fsp3) is 0.800. The first-order valence-corrected chi connectivity index (χ1v) is 5.38. The van der Waals surface area contributed by atoms with E-state index in [2.05, 4.69) is 11.3 Å². The Bertz CT molecular complexity index is 64.8. The van der Waals surface area contributed by atoms with E-state index in [9.17, 15) is 4.79 Å². The Morgan fingerprint density at radius 1 is 1.75 bits per heavy atom. The molecule has 0 aliphatic rings. The van der Waals surface area contributed by atoms with Crippen LogP contribution in [0, 0.1) is 0 Å². The van der Waals surface area contributed by atoms with Gasteiger partial charge in [-0.2, -0.15) is 0 Å². The van der Waals surface area contributed by atoms with Crippen molar-refractivity contribution in [1.82, 2.24) is 0 Å². The van der Waals surface area contributed by atoms with E-state index >= 15 is 0 Å². The first-order chi connectivity index (χ1) is 3.81. The highest BCUT2D eigenvalue weighted by Crippen LogP contribution is 1.83. The second kappa shape index (κ2) is 4.84. The van der Waals surface area contributed by atoms with Crippen LogP contribution in [0.5, 0.6) is 0 Å². The molecule has 0 fully saturated rings. The van der Waals surface area contributed by atoms with Crippen LogP contribution in [0.2, 0.25) is 12.6 Å². The van der Waals surface area contributed by atoms with Gasteiger partial charge in [0, 0.05) is 15.6 Å². The zero-order valence-corrected chi connectivity index (χ0v) is 6.85. The predicted molar refractivity (Wildman–Crippen MR) is 35.8 cm³/mol. The summed E-state index contributed by atoms with van der Waals surface area (Å²) in [7, 11) is -0.128. The quantitative estimate of drug-likeness (QED) is 0.404. The van der Waals surface area contributed by atoms with Crippen LogP contribution in [0.3, 0.4) is 0 Å². The molecule has 8 heavy (non-hydrogen) atoms. The van der Waals surface area contributed by atoms with E-state index in [0.29, 0.717) is 12.7 Å². The summed E-state index contributed by atoms with van der Waals surface area (Å²) in [5.74, 6) is -0.0262. The van der Waals surface area contributed by atoms with Gasteiger partial charge in [-0.05, 0) is 6.92 Å². The van der Waals surface area contributed by atoms with Crippen molar-refractivity contribution >= 4 is 15.5 Å². The lowest BCUT2D eigenvalue weighted by Gasteiger charge is -1.96. The van der Waals surface area contributed by atoms with E-state index < -0.39 is 0 Å². The fourth-order valence-electron chi connectivity index (χ4n) is 0.437. The number of carbonyl (C=O) groups excluding carboxylic acids is 1. The summed E-state index contributed by atoms with van der Waals surface area (Å²) in [4.78, 5) is 10.5. The second-order valence-electron chi connectivity index (χ2n) is 1.56. The third-order valence-electron chi connectivity index (χ3n) is 0.759. The van der Waals surface area contributed by atoms with Gasteiger partial charge in [0.25, 0.3) is 0 Å². The Labute approximate surface area is 52.0 Å². The molecule has 0 aliphatic heterocycles. The molecular formula is C5H12O2Si. The van der Waals surface area contributed by atoms with Crippen molar-refractivity contribution in [1.29, 1.82) is 0 Å². The molecule has 0 atom stereocenters. The molecule has 0 unspecified atom stereocenters. The van der Waals surface area contributed by atoms with Gasteiger partial charge < -0.3 is 4.74 Å². The van der Waals surface area contributed by atoms with Crippen LogP contribution >= 0.6 is 0 Å². The lowest BCUT2D eigenvalue weighted by molar-refractivity contribution is -0.140. The van der Waals surface area contributed by atoms with Gasteiger partial charge in [-0.15, -0.1) is 0 Å². The minimum absolute atomic E-state index is 0.0262. The summed E-state index contributed by atoms with van der Waals surface area (Å²) in [6.45, 7) is 4.44. The van der Waals surface area contributed by atoms with E-state index in [1.165, 1.54) is 0 Å². The molecule has 0 radical (unpaired) electrons. The van der Waals surface area contributed by atoms with E-state index in [4.69, 9.17) is 0 Å². The summed E-state index contributed by atoms with van der Waals surface area (Å²) in [6, 6.07) is 0.688. The van der Waals surface area contributed by atoms with Crippen molar-refractivity contribution in [2.24, 2.45) is 0 Å². The Balaban J connectivity index is 3.06. The second-order valence-corrected chi connectivity index (χ2v) is 3.06. The molecule has 0 spiro atoms. The Hall–Kier alpha value is -0.313. The first kappa shape index (κ1) is 7.69. The number of ether oxygens (including phenoxy) is 1. The minimum Gasteiger partial charge on any atom is -0.466 e. The fourth-order valence-corrected chi connectivity index (χ4v) is 0.990. The van der Waals surface area contributed by atoms with Crippen LogP contribution in [-0.2, 0) is 9.53 Å². The SMILES string of the molecule is CCOC(=O)C[SiH2]C. The number of hydrogen-bond donors (Lipinski definition) is 0. The van der Waals surface area contributed by atoms with Crippen molar-refractivity contribution in [3.8, 4) is 0 Å². The third-order valence-corrected chi connectivity index (χ3v) is 1.67. The molecule has 0 aliphatic carbocycles. The van der Waals surface area contributed by atoms with E-state index in [-0.39, 0.29) is 15.5 Å². The Morgan fingerprint density at radius 2 is 2.38 bits per heavy atom. The molecular weight excluding hydrogens is 120 g/mol. The maximum atomic E-state index is 10.5. The molecule has 0 amide bonds. The summed E-state index contributed by atoms with van der Waals surface area (Å²) in [5.41, 5.74) is 0. The molecule has 0 bridgehead atoms. The summed E-state index contributed by atoms with van der Waals surface area (Å²) in [6.07, 6.45) is 0. The van der Waals surface area contributed by atoms with Crippen molar-refractivity contribution in [3.63, 3.8) is 0 Å². The average Bonchev–Trinajstić information content (AvgIpc) is 1.68. The van der Waals surface area contributed by atoms with Gasteiger partial charge in [0.15, 0.2) is 0 Å². The number of rotatable bonds is 3. The largest absolute Gasteiger partial charge is 0.466 e. The van der Waals surface area contributed by atoms with Gasteiger partial charge >= 0.3 is 5.97 Å². The molecule has 3 heteroatoms. The third kappa shape index (κ3) is 3.86. The van der Waals surface area contributed by atoms with Crippen LogP contribution in [-0.4, -0.2) is 22.1 Å². The highest BCUT2D eigenvalue weighted by Gasteiger charge is 1.95. The molecule has 0 aromatic rings. The van der Waals surface area contributed by atoms with Crippen molar-refractivity contribution < 1.29 is 9.53 Å². The van der Waals surface area contributed by atoms with Gasteiger partial charge in [-0.3, -0.25) is 4.79 Å². The minimum atomic E-state index is -0.128. The van der Waals surface area contributed by atoms with Gasteiger partial charge in [-0.1, -0.05) is 6.55 Å². The zero-order valence-electron chi connectivity index (χ0n) is 5.44. The average molecular weight is 132 g/mol. The van der Waals surface area contributed by atoms with Gasteiger partial charge in [0.2, 0.25) is 0 Å². The molecule has 0 aromatic carbocycles. The highest BCUT2D eigenvalue weighted by atomic mass is 28.2. The van der Waals surface area contributed by atoms with Crippen molar-refractivity contribution in [2.75, 3.05) is 6.61 Å². The molecule has 0 aromatic heterocycles. The smallest absolute Gasteiger partial charge is 0.302 e. The highest BCUT2D eigenvalue weighted by molar-refractivity contribution is 6.39. The molecule has 2 nitrogen and oxygen atoms in total. The predicted octanol–water partition coefficient (Wildman–Crippen LogP) is 0.185. The van der Waals surface area contributed by atoms with Crippen LogP contribution in [0.1, 0.15) is 6.92 Å². The molecule has 0 saturated carbocycles. The molecule has 0 heterocycles. The molecule has 0 rings (SSSR count). The molecule has 48 valence electrons. The summed E-state index contributed by atoms with van der Waals surface area (Å²) >= 11 is 0. The monoisotopic (exact) mass is 132 g/mol. The van der Waals surface area contributed by atoms with E-state index in [1.807, 2.05) is 6.92 Å². The van der Waals surface area contributed by atoms with Crippen LogP contribution in [0.4, 0.5) is 0 Å². The first-order valence-electron chi connectivity index (χ1n) is 2.96. The zero-order chi connectivity index (χ0) is 6.41. The molecule has 0 saturated heterocycles. The van der Waals surface area contributed by atoms with Crippen molar-refractivity contribution in [2.45, 2.75) is 19.5 Å². The van der Waals surface area contributed by atoms with Gasteiger partial charge in [0.1, 0.15) is 0 Å². The maximum absolute atomic E-state index is 10.5. The maximum Gasteiger partial charge on any atom is 0.302 e. The summed E-state index contributed by atoms with van der Waals surface area (Å²) in [5, 5.41) is 0. The van der Waals surface area contributed by atoms with Crippen LogP contribution in [0.25, 0.3) is 0 Å². The number of hydrogen-bond acceptors (Lipinski definition) is 2. The normalized spacial score (nSPS) is 10.2. The Morgan fingerprint density at radius 3 is 2.75 bits per heavy atom.